The summed E-state index contributed by atoms with van der Waals surface area (Å²) in [7, 11) is 0. The number of aromatic carboxylic acids is 1. The third kappa shape index (κ3) is 5.74. The Labute approximate surface area is 174 Å². The fourth-order valence-corrected chi connectivity index (χ4v) is 3.20. The van der Waals surface area contributed by atoms with Crippen LogP contribution in [-0.2, 0) is 4.74 Å². The number of benzene rings is 2. The van der Waals surface area contributed by atoms with E-state index in [0.29, 0.717) is 29.0 Å². The van der Waals surface area contributed by atoms with Gasteiger partial charge in [-0.15, -0.1) is 12.4 Å². The van der Waals surface area contributed by atoms with Gasteiger partial charge >= 0.3 is 5.97 Å². The predicted octanol–water partition coefficient (Wildman–Crippen LogP) is 4.47. The largest absolute Gasteiger partial charge is 0.493 e. The van der Waals surface area contributed by atoms with Crippen molar-refractivity contribution in [1.29, 1.82) is 0 Å². The van der Waals surface area contributed by atoms with Crippen LogP contribution in [0.2, 0.25) is 10.0 Å². The van der Waals surface area contributed by atoms with Crippen molar-refractivity contribution in [1.82, 2.24) is 5.32 Å². The Morgan fingerprint density at radius 2 is 1.93 bits per heavy atom. The molecule has 0 aromatic heterocycles. The molecule has 8 heteroatoms. The first-order chi connectivity index (χ1) is 12.5. The van der Waals surface area contributed by atoms with E-state index in [2.05, 4.69) is 5.32 Å². The van der Waals surface area contributed by atoms with Crippen LogP contribution in [0.1, 0.15) is 22.0 Å². The number of hydrogen-bond donors (Lipinski definition) is 2. The van der Waals surface area contributed by atoms with Crippen LogP contribution in [0.15, 0.2) is 42.5 Å². The lowest BCUT2D eigenvalue weighted by Crippen LogP contribution is -2.29. The topological polar surface area (TPSA) is 67.8 Å². The first-order valence-corrected chi connectivity index (χ1v) is 9.03. The van der Waals surface area contributed by atoms with Crippen molar-refractivity contribution >= 4 is 41.6 Å². The van der Waals surface area contributed by atoms with Crippen LogP contribution in [0.25, 0.3) is 0 Å². The molecule has 2 aromatic carbocycles. The minimum atomic E-state index is -0.961. The molecule has 0 amide bonds. The van der Waals surface area contributed by atoms with Gasteiger partial charge in [0, 0.05) is 19.0 Å². The van der Waals surface area contributed by atoms with Crippen LogP contribution >= 0.6 is 35.6 Å². The second-order valence-corrected chi connectivity index (χ2v) is 6.88. The summed E-state index contributed by atoms with van der Waals surface area (Å²) in [5.74, 6) is -0.279. The van der Waals surface area contributed by atoms with Crippen LogP contribution < -0.4 is 10.1 Å². The van der Waals surface area contributed by atoms with Crippen LogP contribution in [0.4, 0.5) is 0 Å². The lowest BCUT2D eigenvalue weighted by Gasteiger charge is -2.25. The first-order valence-electron chi connectivity index (χ1n) is 8.28. The van der Waals surface area contributed by atoms with Gasteiger partial charge in [0.25, 0.3) is 0 Å². The van der Waals surface area contributed by atoms with Crippen LogP contribution in [0, 0.1) is 5.92 Å². The molecule has 1 heterocycles. The molecule has 0 saturated carbocycles. The van der Waals surface area contributed by atoms with Gasteiger partial charge in [0.05, 0.1) is 34.9 Å². The highest BCUT2D eigenvalue weighted by molar-refractivity contribution is 6.42. The van der Waals surface area contributed by atoms with Crippen molar-refractivity contribution < 1.29 is 19.4 Å². The molecular formula is C19H20Cl3NO4. The van der Waals surface area contributed by atoms with Crippen LogP contribution in [0.5, 0.6) is 5.75 Å². The zero-order valence-electron chi connectivity index (χ0n) is 14.4. The third-order valence-corrected chi connectivity index (χ3v) is 4.99. The van der Waals surface area contributed by atoms with E-state index in [1.54, 1.807) is 18.2 Å². The maximum Gasteiger partial charge on any atom is 0.335 e. The summed E-state index contributed by atoms with van der Waals surface area (Å²) in [6, 6.07) is 11.9. The van der Waals surface area contributed by atoms with Gasteiger partial charge in [-0.2, -0.15) is 0 Å². The molecule has 1 fully saturated rings. The van der Waals surface area contributed by atoms with Gasteiger partial charge in [-0.05, 0) is 42.0 Å². The molecule has 1 aliphatic heterocycles. The molecule has 2 N–H and O–H groups in total. The van der Waals surface area contributed by atoms with Crippen molar-refractivity contribution in [2.75, 3.05) is 26.3 Å². The van der Waals surface area contributed by atoms with Gasteiger partial charge in [-0.3, -0.25) is 0 Å². The Kier molecular flexibility index (Phi) is 8.20. The Bertz CT molecular complexity index is 770. The summed E-state index contributed by atoms with van der Waals surface area (Å²) in [6.45, 7) is 2.51. The van der Waals surface area contributed by atoms with E-state index >= 15 is 0 Å². The van der Waals surface area contributed by atoms with Gasteiger partial charge in [-0.25, -0.2) is 4.79 Å². The van der Waals surface area contributed by atoms with E-state index in [-0.39, 0.29) is 30.0 Å². The summed E-state index contributed by atoms with van der Waals surface area (Å²) >= 11 is 12.2. The molecule has 0 radical (unpaired) electrons. The van der Waals surface area contributed by atoms with E-state index in [1.165, 1.54) is 12.1 Å². The van der Waals surface area contributed by atoms with Crippen LogP contribution in [-0.4, -0.2) is 37.4 Å². The first kappa shape index (κ1) is 21.8. The zero-order chi connectivity index (χ0) is 18.5. The van der Waals surface area contributed by atoms with Gasteiger partial charge < -0.3 is 19.9 Å². The van der Waals surface area contributed by atoms with Crippen molar-refractivity contribution in [3.63, 3.8) is 0 Å². The number of nitrogens with one attached hydrogen (secondary N) is 1. The normalized spacial score (nSPS) is 19.6. The average molecular weight is 433 g/mol. The minimum Gasteiger partial charge on any atom is -0.493 e. The SMILES string of the molecule is Cl.O=C(O)c1ccc(OCC2CNCCOC2c2ccc(Cl)c(Cl)c2)cc1. The van der Waals surface area contributed by atoms with Gasteiger partial charge in [0.1, 0.15) is 5.75 Å². The molecule has 27 heavy (non-hydrogen) atoms. The molecule has 2 atom stereocenters. The summed E-state index contributed by atoms with van der Waals surface area (Å²) in [5, 5.41) is 13.3. The highest BCUT2D eigenvalue weighted by Gasteiger charge is 2.27. The minimum absolute atomic E-state index is 0. The number of carboxylic acids is 1. The second-order valence-electron chi connectivity index (χ2n) is 6.07. The Morgan fingerprint density at radius 3 is 2.59 bits per heavy atom. The number of halogens is 3. The number of carboxylic acid groups (broad SMARTS) is 1. The summed E-state index contributed by atoms with van der Waals surface area (Å²) < 4.78 is 11.9. The van der Waals surface area contributed by atoms with E-state index in [4.69, 9.17) is 37.8 Å². The second kappa shape index (κ2) is 10.2. The molecule has 146 valence electrons. The summed E-state index contributed by atoms with van der Waals surface area (Å²) in [6.07, 6.45) is -0.168. The highest BCUT2D eigenvalue weighted by atomic mass is 35.5. The molecule has 2 unspecified atom stereocenters. The molecule has 3 rings (SSSR count). The van der Waals surface area contributed by atoms with E-state index < -0.39 is 5.97 Å². The maximum atomic E-state index is 10.9. The molecule has 5 nitrogen and oxygen atoms in total. The lowest BCUT2D eigenvalue weighted by atomic mass is 9.96. The number of rotatable bonds is 5. The smallest absolute Gasteiger partial charge is 0.335 e. The standard InChI is InChI=1S/C19H19Cl2NO4.ClH/c20-16-6-3-13(9-17(16)21)18-14(10-22-7-8-25-18)11-26-15-4-1-12(2-5-15)19(23)24;/h1-6,9,14,18,22H,7-8,10-11H2,(H,23,24);1H. The number of carbonyl (C=O) groups is 1. The fourth-order valence-electron chi connectivity index (χ4n) is 2.89. The highest BCUT2D eigenvalue weighted by Crippen LogP contribution is 2.32. The lowest BCUT2D eigenvalue weighted by molar-refractivity contribution is 0.0153. The predicted molar refractivity (Wildman–Crippen MR) is 108 cm³/mol. The van der Waals surface area contributed by atoms with Crippen molar-refractivity contribution in [2.45, 2.75) is 6.10 Å². The fraction of sp³-hybridized carbons (Fsp3) is 0.316. The number of ether oxygens (including phenoxy) is 2. The van der Waals surface area contributed by atoms with Gasteiger partial charge in [0.2, 0.25) is 0 Å². The van der Waals surface area contributed by atoms with Crippen LogP contribution in [0.3, 0.4) is 0 Å². The van der Waals surface area contributed by atoms with Crippen molar-refractivity contribution in [3.8, 4) is 5.75 Å². The van der Waals surface area contributed by atoms with E-state index in [0.717, 1.165) is 18.7 Å². The third-order valence-electron chi connectivity index (χ3n) is 4.25. The summed E-state index contributed by atoms with van der Waals surface area (Å²) in [4.78, 5) is 10.9. The molecule has 0 aliphatic carbocycles. The van der Waals surface area contributed by atoms with Gasteiger partial charge in [-0.1, -0.05) is 29.3 Å². The molecule has 0 bridgehead atoms. The van der Waals surface area contributed by atoms with Crippen molar-refractivity contribution in [2.24, 2.45) is 5.92 Å². The molecule has 0 spiro atoms. The zero-order valence-corrected chi connectivity index (χ0v) is 16.7. The van der Waals surface area contributed by atoms with Gasteiger partial charge in [0.15, 0.2) is 0 Å². The number of hydrogen-bond acceptors (Lipinski definition) is 4. The molecule has 1 saturated heterocycles. The van der Waals surface area contributed by atoms with E-state index in [1.807, 2.05) is 12.1 Å². The van der Waals surface area contributed by atoms with E-state index in [9.17, 15) is 4.79 Å². The quantitative estimate of drug-likeness (QED) is 0.729. The Hall–Kier alpha value is -1.50. The molecule has 1 aliphatic rings. The monoisotopic (exact) mass is 431 g/mol. The summed E-state index contributed by atoms with van der Waals surface area (Å²) in [5.41, 5.74) is 1.18. The molecular weight excluding hydrogens is 413 g/mol. The Morgan fingerprint density at radius 1 is 1.19 bits per heavy atom. The maximum absolute atomic E-state index is 10.9. The molecule has 2 aromatic rings. The average Bonchev–Trinajstić information content (AvgIpc) is 2.88. The Balaban J connectivity index is 0.00000261. The van der Waals surface area contributed by atoms with Crippen molar-refractivity contribution in [3.05, 3.63) is 63.6 Å².